The van der Waals surface area contributed by atoms with E-state index in [0.29, 0.717) is 24.5 Å². The number of urea groups is 1. The van der Waals surface area contributed by atoms with Gasteiger partial charge in [0.25, 0.3) is 5.91 Å². The fraction of sp³-hybridized carbons (Fsp3) is 0.231. The first-order valence-corrected chi connectivity index (χ1v) is 6.28. The molecule has 3 amide bonds. The number of aromatic amines is 1. The van der Waals surface area contributed by atoms with Crippen molar-refractivity contribution >= 4 is 11.9 Å². The molecular formula is C13H16N6O2. The minimum atomic E-state index is -0.582. The van der Waals surface area contributed by atoms with Gasteiger partial charge in [0, 0.05) is 19.2 Å². The van der Waals surface area contributed by atoms with Gasteiger partial charge in [-0.2, -0.15) is 5.10 Å². The molecule has 0 saturated carbocycles. The van der Waals surface area contributed by atoms with E-state index < -0.39 is 6.03 Å². The normalized spacial score (nSPS) is 10.1. The van der Waals surface area contributed by atoms with E-state index in [0.717, 1.165) is 5.56 Å². The molecule has 0 aliphatic rings. The molecule has 1 aromatic heterocycles. The van der Waals surface area contributed by atoms with Crippen LogP contribution in [0.3, 0.4) is 0 Å². The molecule has 0 radical (unpaired) electrons. The number of hydrogen-bond acceptors (Lipinski definition) is 4. The Morgan fingerprint density at radius 2 is 2.05 bits per heavy atom. The van der Waals surface area contributed by atoms with Crippen molar-refractivity contribution < 1.29 is 9.59 Å². The third kappa shape index (κ3) is 4.03. The van der Waals surface area contributed by atoms with Gasteiger partial charge in [-0.3, -0.25) is 9.89 Å². The molecule has 2 aromatic rings. The summed E-state index contributed by atoms with van der Waals surface area (Å²) < 4.78 is 0. The van der Waals surface area contributed by atoms with Gasteiger partial charge in [-0.25, -0.2) is 9.78 Å². The maximum atomic E-state index is 12.2. The minimum absolute atomic E-state index is 0.124. The monoisotopic (exact) mass is 288 g/mol. The lowest BCUT2D eigenvalue weighted by molar-refractivity contribution is 0.0781. The maximum Gasteiger partial charge on any atom is 0.312 e. The highest BCUT2D eigenvalue weighted by Crippen LogP contribution is 2.08. The number of nitrogens with two attached hydrogens (primary N) is 1. The van der Waals surface area contributed by atoms with Crippen LogP contribution in [-0.2, 0) is 13.1 Å². The highest BCUT2D eigenvalue weighted by atomic mass is 16.2. The number of carbonyl (C=O) groups excluding carboxylic acids is 2. The number of amides is 3. The Labute approximate surface area is 121 Å². The van der Waals surface area contributed by atoms with E-state index in [4.69, 9.17) is 5.73 Å². The third-order valence-corrected chi connectivity index (χ3v) is 2.87. The van der Waals surface area contributed by atoms with Crippen molar-refractivity contribution in [3.63, 3.8) is 0 Å². The summed E-state index contributed by atoms with van der Waals surface area (Å²) in [7, 11) is 1.69. The lowest BCUT2D eigenvalue weighted by atomic mass is 10.1. The van der Waals surface area contributed by atoms with E-state index in [1.165, 1.54) is 11.2 Å². The summed E-state index contributed by atoms with van der Waals surface area (Å²) in [5.74, 6) is 0.494. The summed E-state index contributed by atoms with van der Waals surface area (Å²) in [5.41, 5.74) is 6.42. The summed E-state index contributed by atoms with van der Waals surface area (Å²) in [5, 5.41) is 8.93. The predicted molar refractivity (Wildman–Crippen MR) is 75.0 cm³/mol. The minimum Gasteiger partial charge on any atom is -0.352 e. The van der Waals surface area contributed by atoms with Gasteiger partial charge in [-0.05, 0) is 17.7 Å². The number of nitrogens with zero attached hydrogens (tertiary/aromatic N) is 3. The van der Waals surface area contributed by atoms with Crippen molar-refractivity contribution in [1.82, 2.24) is 25.4 Å². The topological polar surface area (TPSA) is 117 Å². The molecule has 0 aliphatic carbocycles. The summed E-state index contributed by atoms with van der Waals surface area (Å²) in [6.07, 6.45) is 1.40. The number of carbonyl (C=O) groups is 2. The van der Waals surface area contributed by atoms with Crippen LogP contribution in [0.4, 0.5) is 4.79 Å². The number of H-pyrrole nitrogens is 1. The zero-order chi connectivity index (χ0) is 15.2. The number of nitrogens with one attached hydrogen (secondary N) is 2. The Bertz CT molecular complexity index is 608. The van der Waals surface area contributed by atoms with Crippen molar-refractivity contribution in [2.24, 2.45) is 5.73 Å². The van der Waals surface area contributed by atoms with Crippen LogP contribution in [0.25, 0.3) is 0 Å². The van der Waals surface area contributed by atoms with Crippen LogP contribution >= 0.6 is 0 Å². The van der Waals surface area contributed by atoms with Crippen LogP contribution in [0.2, 0.25) is 0 Å². The van der Waals surface area contributed by atoms with Crippen LogP contribution in [0.1, 0.15) is 21.7 Å². The SMILES string of the molecule is CN(Cc1ncn[nH]1)C(=O)c1ccc(CNC(N)=O)cc1. The van der Waals surface area contributed by atoms with E-state index in [9.17, 15) is 9.59 Å². The zero-order valence-electron chi connectivity index (χ0n) is 11.5. The quantitative estimate of drug-likeness (QED) is 0.730. The summed E-state index contributed by atoms with van der Waals surface area (Å²) in [6, 6.07) is 6.37. The van der Waals surface area contributed by atoms with Gasteiger partial charge in [-0.15, -0.1) is 0 Å². The van der Waals surface area contributed by atoms with E-state index in [1.807, 2.05) is 0 Å². The second-order valence-electron chi connectivity index (χ2n) is 4.51. The molecule has 0 bridgehead atoms. The molecule has 0 aliphatic heterocycles. The largest absolute Gasteiger partial charge is 0.352 e. The van der Waals surface area contributed by atoms with Crippen LogP contribution in [0, 0.1) is 0 Å². The molecule has 2 rings (SSSR count). The Morgan fingerprint density at radius 1 is 1.33 bits per heavy atom. The highest BCUT2D eigenvalue weighted by molar-refractivity contribution is 5.94. The standard InChI is InChI=1S/C13H16N6O2/c1-19(7-11-16-8-17-18-11)12(20)10-4-2-9(3-5-10)6-15-13(14)21/h2-5,8H,6-7H2,1H3,(H3,14,15,21)(H,16,17,18). The van der Waals surface area contributed by atoms with Crippen LogP contribution in [0.15, 0.2) is 30.6 Å². The van der Waals surface area contributed by atoms with Gasteiger partial charge in [0.1, 0.15) is 12.2 Å². The van der Waals surface area contributed by atoms with Crippen molar-refractivity contribution in [2.75, 3.05) is 7.05 Å². The van der Waals surface area contributed by atoms with Crippen molar-refractivity contribution in [2.45, 2.75) is 13.1 Å². The molecule has 1 aromatic carbocycles. The van der Waals surface area contributed by atoms with E-state index >= 15 is 0 Å². The highest BCUT2D eigenvalue weighted by Gasteiger charge is 2.13. The van der Waals surface area contributed by atoms with Gasteiger partial charge < -0.3 is 16.0 Å². The molecule has 0 spiro atoms. The molecule has 0 saturated heterocycles. The van der Waals surface area contributed by atoms with Gasteiger partial charge in [0.05, 0.1) is 6.54 Å². The van der Waals surface area contributed by atoms with Crippen molar-refractivity contribution in [1.29, 1.82) is 0 Å². The number of rotatable bonds is 5. The summed E-state index contributed by atoms with van der Waals surface area (Å²) >= 11 is 0. The van der Waals surface area contributed by atoms with Crippen LogP contribution in [-0.4, -0.2) is 39.1 Å². The van der Waals surface area contributed by atoms with Gasteiger partial charge in [0.2, 0.25) is 0 Å². The van der Waals surface area contributed by atoms with Crippen LogP contribution in [0.5, 0.6) is 0 Å². The number of primary amides is 1. The second-order valence-corrected chi connectivity index (χ2v) is 4.51. The van der Waals surface area contributed by atoms with Crippen molar-refractivity contribution in [3.05, 3.63) is 47.5 Å². The maximum absolute atomic E-state index is 12.2. The first-order chi connectivity index (χ1) is 10.1. The van der Waals surface area contributed by atoms with E-state index in [-0.39, 0.29) is 5.91 Å². The Morgan fingerprint density at radius 3 is 2.62 bits per heavy atom. The number of aromatic nitrogens is 3. The fourth-order valence-electron chi connectivity index (χ4n) is 1.78. The molecule has 8 heteroatoms. The smallest absolute Gasteiger partial charge is 0.312 e. The van der Waals surface area contributed by atoms with Crippen molar-refractivity contribution in [3.8, 4) is 0 Å². The molecule has 4 N–H and O–H groups in total. The van der Waals surface area contributed by atoms with E-state index in [2.05, 4.69) is 20.5 Å². The van der Waals surface area contributed by atoms with E-state index in [1.54, 1.807) is 31.3 Å². The predicted octanol–water partition coefficient (Wildman–Crippen LogP) is 0.245. The second kappa shape index (κ2) is 6.51. The molecule has 8 nitrogen and oxygen atoms in total. The lowest BCUT2D eigenvalue weighted by Crippen LogP contribution is -2.28. The molecule has 1 heterocycles. The van der Waals surface area contributed by atoms with Gasteiger partial charge in [-0.1, -0.05) is 12.1 Å². The average molecular weight is 288 g/mol. The Balaban J connectivity index is 1.97. The molecule has 21 heavy (non-hydrogen) atoms. The number of benzene rings is 1. The lowest BCUT2D eigenvalue weighted by Gasteiger charge is -2.15. The first kappa shape index (κ1) is 14.5. The third-order valence-electron chi connectivity index (χ3n) is 2.87. The first-order valence-electron chi connectivity index (χ1n) is 6.28. The van der Waals surface area contributed by atoms with Gasteiger partial charge >= 0.3 is 6.03 Å². The Kier molecular flexibility index (Phi) is 4.50. The summed E-state index contributed by atoms with van der Waals surface area (Å²) in [6.45, 7) is 0.682. The number of hydrogen-bond donors (Lipinski definition) is 3. The summed E-state index contributed by atoms with van der Waals surface area (Å²) in [4.78, 5) is 28.4. The average Bonchev–Trinajstić information content (AvgIpc) is 2.97. The fourth-order valence-corrected chi connectivity index (χ4v) is 1.78. The Hall–Kier alpha value is -2.90. The van der Waals surface area contributed by atoms with Crippen LogP contribution < -0.4 is 11.1 Å². The zero-order valence-corrected chi connectivity index (χ0v) is 11.5. The molecule has 110 valence electrons. The molecule has 0 atom stereocenters. The molecule has 0 fully saturated rings. The molecular weight excluding hydrogens is 272 g/mol. The van der Waals surface area contributed by atoms with Gasteiger partial charge in [0.15, 0.2) is 0 Å². The molecule has 0 unspecified atom stereocenters.